The summed E-state index contributed by atoms with van der Waals surface area (Å²) in [6, 6.07) is 2.30. The van der Waals surface area contributed by atoms with Crippen LogP contribution >= 0.6 is 0 Å². The zero-order valence-electron chi connectivity index (χ0n) is 12.5. The van der Waals surface area contributed by atoms with Gasteiger partial charge in [0.1, 0.15) is 6.61 Å². The number of ether oxygens (including phenoxy) is 1. The van der Waals surface area contributed by atoms with Gasteiger partial charge in [0.25, 0.3) is 0 Å². The molecule has 2 heterocycles. The molecular formula is C15H25N3O2. The van der Waals surface area contributed by atoms with Crippen molar-refractivity contribution in [3.8, 4) is 0 Å². The van der Waals surface area contributed by atoms with Crippen molar-refractivity contribution < 1.29 is 9.53 Å². The van der Waals surface area contributed by atoms with E-state index in [0.29, 0.717) is 12.5 Å². The lowest BCUT2D eigenvalue weighted by molar-refractivity contribution is -0.125. The lowest BCUT2D eigenvalue weighted by atomic mass is 10.1. The summed E-state index contributed by atoms with van der Waals surface area (Å²) < 4.78 is 7.60. The van der Waals surface area contributed by atoms with Crippen molar-refractivity contribution in [2.45, 2.75) is 51.7 Å². The lowest BCUT2D eigenvalue weighted by Gasteiger charge is -2.22. The molecule has 0 spiro atoms. The number of rotatable bonds is 7. The number of hydrogen-bond acceptors (Lipinski definition) is 4. The maximum atomic E-state index is 11.9. The van der Waals surface area contributed by atoms with Crippen LogP contribution in [0.1, 0.15) is 44.8 Å². The van der Waals surface area contributed by atoms with E-state index >= 15 is 0 Å². The van der Waals surface area contributed by atoms with Crippen LogP contribution in [0.15, 0.2) is 12.3 Å². The van der Waals surface area contributed by atoms with Gasteiger partial charge in [0, 0.05) is 12.2 Å². The first-order chi connectivity index (χ1) is 9.69. The van der Waals surface area contributed by atoms with Crippen LogP contribution in [0.5, 0.6) is 0 Å². The molecule has 1 atom stereocenters. The second kappa shape index (κ2) is 7.55. The second-order valence-corrected chi connectivity index (χ2v) is 5.52. The fourth-order valence-corrected chi connectivity index (χ4v) is 2.33. The molecule has 0 saturated carbocycles. The number of piperidine rings is 1. The van der Waals surface area contributed by atoms with Crippen LogP contribution in [-0.4, -0.2) is 41.4 Å². The van der Waals surface area contributed by atoms with Crippen LogP contribution in [0.25, 0.3) is 0 Å². The Morgan fingerprint density at radius 1 is 1.55 bits per heavy atom. The van der Waals surface area contributed by atoms with E-state index in [0.717, 1.165) is 38.0 Å². The zero-order valence-corrected chi connectivity index (χ0v) is 12.5. The molecule has 1 aromatic rings. The molecule has 0 radical (unpaired) electrons. The molecule has 0 amide bonds. The fourth-order valence-electron chi connectivity index (χ4n) is 2.33. The number of carbonyl (C=O) groups is 1. The van der Waals surface area contributed by atoms with Gasteiger partial charge in [-0.05, 0) is 45.3 Å². The summed E-state index contributed by atoms with van der Waals surface area (Å²) in [4.78, 5) is 11.9. The minimum Gasteiger partial charge on any atom is -0.370 e. The Balaban J connectivity index is 1.74. The average Bonchev–Trinajstić information content (AvgIpc) is 2.94. The van der Waals surface area contributed by atoms with E-state index in [2.05, 4.69) is 24.3 Å². The molecule has 5 heteroatoms. The summed E-state index contributed by atoms with van der Waals surface area (Å²) in [7, 11) is 0. The molecule has 1 fully saturated rings. The number of ketones is 1. The highest BCUT2D eigenvalue weighted by Gasteiger charge is 2.15. The molecule has 0 bridgehead atoms. The topological polar surface area (TPSA) is 56.1 Å². The molecule has 2 rings (SSSR count). The van der Waals surface area contributed by atoms with E-state index in [1.165, 1.54) is 0 Å². The molecule has 5 nitrogen and oxygen atoms in total. The Labute approximate surface area is 120 Å². The predicted molar refractivity (Wildman–Crippen MR) is 77.8 cm³/mol. The monoisotopic (exact) mass is 279 g/mol. The molecule has 1 N–H and O–H groups in total. The number of aromatic nitrogens is 2. The first-order valence-corrected chi connectivity index (χ1v) is 7.57. The van der Waals surface area contributed by atoms with Crippen LogP contribution in [0.2, 0.25) is 0 Å². The fraction of sp³-hybridized carbons (Fsp3) is 0.733. The van der Waals surface area contributed by atoms with Crippen molar-refractivity contribution in [2.24, 2.45) is 0 Å². The minimum atomic E-state index is 0.109. The summed E-state index contributed by atoms with van der Waals surface area (Å²) in [5, 5.41) is 7.73. The van der Waals surface area contributed by atoms with Crippen molar-refractivity contribution in [3.05, 3.63) is 18.0 Å². The maximum Gasteiger partial charge on any atom is 0.164 e. The normalized spacial score (nSPS) is 18.1. The van der Waals surface area contributed by atoms with Crippen molar-refractivity contribution in [1.82, 2.24) is 15.1 Å². The van der Waals surface area contributed by atoms with Gasteiger partial charge < -0.3 is 10.1 Å². The predicted octanol–water partition coefficient (Wildman–Crippen LogP) is 1.73. The summed E-state index contributed by atoms with van der Waals surface area (Å²) in [6.07, 6.45) is 5.58. The average molecular weight is 279 g/mol. The van der Waals surface area contributed by atoms with Crippen LogP contribution < -0.4 is 5.32 Å². The number of Topliss-reactive ketones (excluding diaryl/α,β-unsaturated/α-hetero) is 1. The van der Waals surface area contributed by atoms with Crippen LogP contribution in [0.4, 0.5) is 0 Å². The first-order valence-electron chi connectivity index (χ1n) is 7.57. The highest BCUT2D eigenvalue weighted by Crippen LogP contribution is 2.10. The molecule has 1 aromatic heterocycles. The standard InChI is InChI=1S/C15H25N3O2/c1-3-12(2)18-9-6-13(17-18)10-14(19)11-20-15-4-7-16-8-5-15/h6,9,12,15-16H,3-5,7-8,10-11H2,1-2H3. The van der Waals surface area contributed by atoms with Crippen molar-refractivity contribution in [3.63, 3.8) is 0 Å². The van der Waals surface area contributed by atoms with E-state index < -0.39 is 0 Å². The zero-order chi connectivity index (χ0) is 14.4. The Kier molecular flexibility index (Phi) is 5.73. The van der Waals surface area contributed by atoms with Crippen molar-refractivity contribution in [2.75, 3.05) is 19.7 Å². The largest absolute Gasteiger partial charge is 0.370 e. The molecule has 0 aliphatic carbocycles. The Morgan fingerprint density at radius 3 is 3.00 bits per heavy atom. The van der Waals surface area contributed by atoms with Gasteiger partial charge in [-0.15, -0.1) is 0 Å². The third-order valence-corrected chi connectivity index (χ3v) is 3.85. The van der Waals surface area contributed by atoms with Gasteiger partial charge in [-0.25, -0.2) is 0 Å². The van der Waals surface area contributed by atoms with Crippen LogP contribution in [0.3, 0.4) is 0 Å². The third kappa shape index (κ3) is 4.42. The van der Waals surface area contributed by atoms with Crippen molar-refractivity contribution >= 4 is 5.78 Å². The highest BCUT2D eigenvalue weighted by molar-refractivity contribution is 5.81. The summed E-state index contributed by atoms with van der Waals surface area (Å²) in [6.45, 7) is 6.43. The van der Waals surface area contributed by atoms with Gasteiger partial charge in [-0.2, -0.15) is 5.10 Å². The molecule has 20 heavy (non-hydrogen) atoms. The van der Waals surface area contributed by atoms with Gasteiger partial charge >= 0.3 is 0 Å². The van der Waals surface area contributed by atoms with E-state index in [1.807, 2.05) is 16.9 Å². The van der Waals surface area contributed by atoms with Gasteiger partial charge in [-0.3, -0.25) is 9.48 Å². The van der Waals surface area contributed by atoms with Crippen LogP contribution in [-0.2, 0) is 16.0 Å². The molecule has 1 saturated heterocycles. The van der Waals surface area contributed by atoms with Crippen molar-refractivity contribution in [1.29, 1.82) is 0 Å². The minimum absolute atomic E-state index is 0.109. The van der Waals surface area contributed by atoms with Gasteiger partial charge in [0.05, 0.1) is 18.2 Å². The molecule has 1 aliphatic heterocycles. The smallest absolute Gasteiger partial charge is 0.164 e. The van der Waals surface area contributed by atoms with E-state index in [4.69, 9.17) is 4.74 Å². The molecule has 0 aromatic carbocycles. The summed E-state index contributed by atoms with van der Waals surface area (Å²) in [5.41, 5.74) is 0.837. The van der Waals surface area contributed by atoms with Gasteiger partial charge in [-0.1, -0.05) is 6.92 Å². The number of carbonyl (C=O) groups excluding carboxylic acids is 1. The molecular weight excluding hydrogens is 254 g/mol. The van der Waals surface area contributed by atoms with E-state index in [9.17, 15) is 4.79 Å². The van der Waals surface area contributed by atoms with Gasteiger partial charge in [0.15, 0.2) is 5.78 Å². The second-order valence-electron chi connectivity index (χ2n) is 5.52. The van der Waals surface area contributed by atoms with Crippen LogP contribution in [0, 0.1) is 0 Å². The lowest BCUT2D eigenvalue weighted by Crippen LogP contribution is -2.33. The summed E-state index contributed by atoms with van der Waals surface area (Å²) in [5.74, 6) is 0.109. The Morgan fingerprint density at radius 2 is 2.30 bits per heavy atom. The summed E-state index contributed by atoms with van der Waals surface area (Å²) >= 11 is 0. The number of nitrogens with one attached hydrogen (secondary N) is 1. The number of nitrogens with zero attached hydrogens (tertiary/aromatic N) is 2. The van der Waals surface area contributed by atoms with E-state index in [-0.39, 0.29) is 18.5 Å². The quantitative estimate of drug-likeness (QED) is 0.826. The first kappa shape index (κ1) is 15.2. The third-order valence-electron chi connectivity index (χ3n) is 3.85. The molecule has 1 unspecified atom stereocenters. The Hall–Kier alpha value is -1.20. The molecule has 112 valence electrons. The number of hydrogen-bond donors (Lipinski definition) is 1. The van der Waals surface area contributed by atoms with E-state index in [1.54, 1.807) is 0 Å². The highest BCUT2D eigenvalue weighted by atomic mass is 16.5. The maximum absolute atomic E-state index is 11.9. The SMILES string of the molecule is CCC(C)n1ccc(CC(=O)COC2CCNCC2)n1. The van der Waals surface area contributed by atoms with Gasteiger partial charge in [0.2, 0.25) is 0 Å². The molecule has 1 aliphatic rings. The Bertz CT molecular complexity index is 425.